The summed E-state index contributed by atoms with van der Waals surface area (Å²) in [6, 6.07) is -0.0551. The van der Waals surface area contributed by atoms with E-state index in [1.54, 1.807) is 0 Å². The van der Waals surface area contributed by atoms with Gasteiger partial charge in [-0.05, 0) is 19.3 Å². The number of carbonyl (C=O) groups excluding carboxylic acids is 1. The Morgan fingerprint density at radius 1 is 1.21 bits per heavy atom. The lowest BCUT2D eigenvalue weighted by molar-refractivity contribution is -0.140. The summed E-state index contributed by atoms with van der Waals surface area (Å²) in [5.41, 5.74) is 0. The second-order valence-corrected chi connectivity index (χ2v) is 7.21. The van der Waals surface area contributed by atoms with Crippen LogP contribution in [0.2, 0.25) is 0 Å². The number of carboxylic acids is 1. The van der Waals surface area contributed by atoms with Gasteiger partial charge in [-0.15, -0.1) is 0 Å². The molecule has 0 aromatic heterocycles. The normalized spacial score (nSPS) is 28.9. The van der Waals surface area contributed by atoms with E-state index in [2.05, 4.69) is 5.32 Å². The van der Waals surface area contributed by atoms with Crippen LogP contribution < -0.4 is 5.32 Å². The van der Waals surface area contributed by atoms with Crippen molar-refractivity contribution in [2.24, 2.45) is 11.8 Å². The van der Waals surface area contributed by atoms with Gasteiger partial charge >= 0.3 is 5.97 Å². The first-order chi connectivity index (χ1) is 8.79. The molecule has 1 saturated carbocycles. The molecule has 1 amide bonds. The molecule has 2 fully saturated rings. The van der Waals surface area contributed by atoms with Crippen molar-refractivity contribution in [1.82, 2.24) is 9.62 Å². The van der Waals surface area contributed by atoms with Crippen molar-refractivity contribution in [2.45, 2.75) is 25.3 Å². The third-order valence-corrected chi connectivity index (χ3v) is 5.02. The van der Waals surface area contributed by atoms with Crippen molar-refractivity contribution in [1.29, 1.82) is 0 Å². The standard InChI is InChI=1S/C11H18N2O5S/c1-19(17,18)13-4-2-7(3-5-13)12-10(14)8-6-9(8)11(15)16/h7-9H,2-6H2,1H3,(H,12,14)(H,15,16)/t8-,9+/m1/s1. The Morgan fingerprint density at radius 3 is 2.21 bits per heavy atom. The Bertz CT molecular complexity index is 481. The van der Waals surface area contributed by atoms with E-state index < -0.39 is 27.8 Å². The van der Waals surface area contributed by atoms with Crippen LogP contribution in [0.5, 0.6) is 0 Å². The molecule has 2 N–H and O–H groups in total. The van der Waals surface area contributed by atoms with Gasteiger partial charge in [-0.3, -0.25) is 9.59 Å². The molecule has 108 valence electrons. The number of hydrogen-bond donors (Lipinski definition) is 2. The molecule has 0 unspecified atom stereocenters. The maximum absolute atomic E-state index is 11.8. The Hall–Kier alpha value is -1.15. The lowest BCUT2D eigenvalue weighted by atomic mass is 10.1. The van der Waals surface area contributed by atoms with Crippen LogP contribution in [0.25, 0.3) is 0 Å². The predicted octanol–water partition coefficient (Wildman–Crippen LogP) is -0.753. The number of hydrogen-bond acceptors (Lipinski definition) is 4. The number of nitrogens with zero attached hydrogens (tertiary/aromatic N) is 1. The van der Waals surface area contributed by atoms with Crippen molar-refractivity contribution in [2.75, 3.05) is 19.3 Å². The zero-order valence-electron chi connectivity index (χ0n) is 10.7. The van der Waals surface area contributed by atoms with Crippen molar-refractivity contribution in [3.63, 3.8) is 0 Å². The number of aliphatic carboxylic acids is 1. The van der Waals surface area contributed by atoms with Gasteiger partial charge in [0.15, 0.2) is 0 Å². The second kappa shape index (κ2) is 5.09. The second-order valence-electron chi connectivity index (χ2n) is 5.23. The van der Waals surface area contributed by atoms with Crippen molar-refractivity contribution < 1.29 is 23.1 Å². The van der Waals surface area contributed by atoms with E-state index in [-0.39, 0.29) is 11.9 Å². The highest BCUT2D eigenvalue weighted by molar-refractivity contribution is 7.88. The van der Waals surface area contributed by atoms with Crippen LogP contribution in [0.3, 0.4) is 0 Å². The molecule has 0 radical (unpaired) electrons. The Balaban J connectivity index is 1.78. The number of rotatable bonds is 4. The zero-order valence-corrected chi connectivity index (χ0v) is 11.5. The number of amides is 1. The van der Waals surface area contributed by atoms with Crippen LogP contribution in [0, 0.1) is 11.8 Å². The fourth-order valence-electron chi connectivity index (χ4n) is 2.40. The minimum Gasteiger partial charge on any atom is -0.481 e. The lowest BCUT2D eigenvalue weighted by Crippen LogP contribution is -2.46. The van der Waals surface area contributed by atoms with Gasteiger partial charge in [0.1, 0.15) is 0 Å². The highest BCUT2D eigenvalue weighted by Gasteiger charge is 2.48. The van der Waals surface area contributed by atoms with Crippen molar-refractivity contribution in [3.8, 4) is 0 Å². The van der Waals surface area contributed by atoms with Gasteiger partial charge < -0.3 is 10.4 Å². The van der Waals surface area contributed by atoms with E-state index in [9.17, 15) is 18.0 Å². The molecular formula is C11H18N2O5S. The van der Waals surface area contributed by atoms with Gasteiger partial charge in [-0.2, -0.15) is 0 Å². The molecule has 2 rings (SSSR count). The van der Waals surface area contributed by atoms with Gasteiger partial charge in [0.2, 0.25) is 15.9 Å². The van der Waals surface area contributed by atoms with Gasteiger partial charge in [-0.25, -0.2) is 12.7 Å². The first-order valence-electron chi connectivity index (χ1n) is 6.27. The maximum atomic E-state index is 11.8. The van der Waals surface area contributed by atoms with E-state index >= 15 is 0 Å². The SMILES string of the molecule is CS(=O)(=O)N1CCC(NC(=O)[C@@H]2C[C@@H]2C(=O)O)CC1. The van der Waals surface area contributed by atoms with Crippen LogP contribution in [0.15, 0.2) is 0 Å². The molecule has 1 heterocycles. The molecular weight excluding hydrogens is 272 g/mol. The first kappa shape index (κ1) is 14.3. The fourth-order valence-corrected chi connectivity index (χ4v) is 3.27. The van der Waals surface area contributed by atoms with Crippen LogP contribution in [-0.4, -0.2) is 55.1 Å². The Morgan fingerprint density at radius 2 is 1.79 bits per heavy atom. The minimum absolute atomic E-state index is 0.0551. The van der Waals surface area contributed by atoms with Crippen LogP contribution in [0.4, 0.5) is 0 Å². The van der Waals surface area contributed by atoms with Gasteiger partial charge in [-0.1, -0.05) is 0 Å². The topological polar surface area (TPSA) is 104 Å². The smallest absolute Gasteiger partial charge is 0.307 e. The number of nitrogens with one attached hydrogen (secondary N) is 1. The van der Waals surface area contributed by atoms with Crippen molar-refractivity contribution >= 4 is 21.9 Å². The molecule has 0 spiro atoms. The summed E-state index contributed by atoms with van der Waals surface area (Å²) >= 11 is 0. The third kappa shape index (κ3) is 3.44. The molecule has 2 aliphatic rings. The summed E-state index contributed by atoms with van der Waals surface area (Å²) < 4.78 is 24.0. The predicted molar refractivity (Wildman–Crippen MR) is 66.8 cm³/mol. The molecule has 1 aliphatic carbocycles. The molecule has 0 aromatic carbocycles. The number of piperidine rings is 1. The maximum Gasteiger partial charge on any atom is 0.307 e. The lowest BCUT2D eigenvalue weighted by Gasteiger charge is -2.30. The summed E-state index contributed by atoms with van der Waals surface area (Å²) in [4.78, 5) is 22.4. The Kier molecular flexibility index (Phi) is 3.82. The molecule has 1 saturated heterocycles. The summed E-state index contributed by atoms with van der Waals surface area (Å²) in [7, 11) is -3.16. The average Bonchev–Trinajstić information content (AvgIpc) is 3.08. The summed E-state index contributed by atoms with van der Waals surface area (Å²) in [6.07, 6.45) is 2.73. The highest BCUT2D eigenvalue weighted by Crippen LogP contribution is 2.38. The largest absolute Gasteiger partial charge is 0.481 e. The summed E-state index contributed by atoms with van der Waals surface area (Å²) in [6.45, 7) is 0.799. The van der Waals surface area contributed by atoms with E-state index in [0.717, 1.165) is 0 Å². The monoisotopic (exact) mass is 290 g/mol. The summed E-state index contributed by atoms with van der Waals surface area (Å²) in [5.74, 6) is -2.10. The minimum atomic E-state index is -3.16. The van der Waals surface area contributed by atoms with E-state index in [0.29, 0.717) is 32.4 Å². The molecule has 2 atom stereocenters. The van der Waals surface area contributed by atoms with E-state index in [4.69, 9.17) is 5.11 Å². The van der Waals surface area contributed by atoms with Gasteiger partial charge in [0.05, 0.1) is 18.1 Å². The molecule has 7 nitrogen and oxygen atoms in total. The molecule has 19 heavy (non-hydrogen) atoms. The third-order valence-electron chi connectivity index (χ3n) is 3.71. The quantitative estimate of drug-likeness (QED) is 0.709. The van der Waals surface area contributed by atoms with E-state index in [1.807, 2.05) is 0 Å². The molecule has 0 bridgehead atoms. The highest BCUT2D eigenvalue weighted by atomic mass is 32.2. The summed E-state index contributed by atoms with van der Waals surface area (Å²) in [5, 5.41) is 11.6. The average molecular weight is 290 g/mol. The number of carbonyl (C=O) groups is 2. The van der Waals surface area contributed by atoms with Crippen molar-refractivity contribution in [3.05, 3.63) is 0 Å². The molecule has 0 aromatic rings. The first-order valence-corrected chi connectivity index (χ1v) is 8.12. The van der Waals surface area contributed by atoms with Crippen LogP contribution in [0.1, 0.15) is 19.3 Å². The molecule has 8 heteroatoms. The van der Waals surface area contributed by atoms with Crippen LogP contribution >= 0.6 is 0 Å². The fraction of sp³-hybridized carbons (Fsp3) is 0.818. The zero-order chi connectivity index (χ0) is 14.2. The molecule has 1 aliphatic heterocycles. The number of carboxylic acid groups (broad SMARTS) is 1. The van der Waals surface area contributed by atoms with Gasteiger partial charge in [0, 0.05) is 19.1 Å². The number of sulfonamides is 1. The Labute approximate surface area is 112 Å². The van der Waals surface area contributed by atoms with Crippen LogP contribution in [-0.2, 0) is 19.6 Å². The van der Waals surface area contributed by atoms with Gasteiger partial charge in [0.25, 0.3) is 0 Å². The van der Waals surface area contributed by atoms with E-state index in [1.165, 1.54) is 10.6 Å².